The molecule has 0 spiro atoms. The summed E-state index contributed by atoms with van der Waals surface area (Å²) in [7, 11) is 0. The first-order valence-corrected chi connectivity index (χ1v) is 12.5. The predicted molar refractivity (Wildman–Crippen MR) is 142 cm³/mol. The van der Waals surface area contributed by atoms with Gasteiger partial charge >= 0.3 is 5.97 Å². The summed E-state index contributed by atoms with van der Waals surface area (Å²) < 4.78 is 20.8. The number of amides is 1. The highest BCUT2D eigenvalue weighted by atomic mass is 35.5. The van der Waals surface area contributed by atoms with Crippen molar-refractivity contribution in [3.63, 3.8) is 0 Å². The third-order valence-electron chi connectivity index (χ3n) is 4.91. The minimum atomic E-state index is -1.11. The van der Waals surface area contributed by atoms with Gasteiger partial charge in [0.05, 0.1) is 29.0 Å². The molecule has 0 atom stereocenters. The van der Waals surface area contributed by atoms with E-state index < -0.39 is 17.7 Å². The molecule has 0 saturated carbocycles. The Labute approximate surface area is 222 Å². The number of nitrogens with zero attached hydrogens (tertiary/aromatic N) is 1. The van der Waals surface area contributed by atoms with Crippen molar-refractivity contribution in [1.82, 2.24) is 4.98 Å². The lowest BCUT2D eigenvalue weighted by Gasteiger charge is -2.18. The summed E-state index contributed by atoms with van der Waals surface area (Å²) in [4.78, 5) is 28.2. The number of ether oxygens (including phenoxy) is 1. The second kappa shape index (κ2) is 11.5. The van der Waals surface area contributed by atoms with Gasteiger partial charge in [-0.15, -0.1) is 11.3 Å². The summed E-state index contributed by atoms with van der Waals surface area (Å²) in [6.45, 7) is 8.17. The van der Waals surface area contributed by atoms with Gasteiger partial charge in [0.25, 0.3) is 5.91 Å². The fraction of sp³-hybridized carbons (Fsp3) is 0.269. The molecule has 0 fully saturated rings. The highest BCUT2D eigenvalue weighted by Gasteiger charge is 2.18. The Hall–Kier alpha value is -2.78. The van der Waals surface area contributed by atoms with Crippen molar-refractivity contribution in [2.75, 3.05) is 11.9 Å². The molecule has 0 bridgehead atoms. The van der Waals surface area contributed by atoms with Crippen LogP contribution in [0.25, 0.3) is 17.3 Å². The van der Waals surface area contributed by atoms with E-state index in [4.69, 9.17) is 33.0 Å². The fourth-order valence-electron chi connectivity index (χ4n) is 3.11. The van der Waals surface area contributed by atoms with E-state index in [0.717, 1.165) is 11.3 Å². The van der Waals surface area contributed by atoms with E-state index in [9.17, 15) is 9.59 Å². The average molecular weight is 551 g/mol. The number of thiazole rings is 1. The van der Waals surface area contributed by atoms with Crippen LogP contribution < -0.4 is 5.32 Å². The molecular formula is C26H25Cl2FN2O4S. The van der Waals surface area contributed by atoms with Crippen LogP contribution >= 0.6 is 34.5 Å². The van der Waals surface area contributed by atoms with Crippen molar-refractivity contribution in [3.05, 3.63) is 73.8 Å². The van der Waals surface area contributed by atoms with Crippen molar-refractivity contribution in [1.29, 1.82) is 0 Å². The van der Waals surface area contributed by atoms with Gasteiger partial charge in [0.15, 0.2) is 5.13 Å². The monoisotopic (exact) mass is 550 g/mol. The van der Waals surface area contributed by atoms with Crippen molar-refractivity contribution >= 4 is 57.6 Å². The van der Waals surface area contributed by atoms with Crippen LogP contribution in [0.5, 0.6) is 0 Å². The van der Waals surface area contributed by atoms with Gasteiger partial charge in [-0.2, -0.15) is 0 Å². The molecule has 0 radical (unpaired) electrons. The Balaban J connectivity index is 1.76. The third kappa shape index (κ3) is 7.13. The van der Waals surface area contributed by atoms with E-state index >= 15 is 4.39 Å². The zero-order valence-electron chi connectivity index (χ0n) is 20.1. The van der Waals surface area contributed by atoms with E-state index in [2.05, 4.69) is 10.3 Å². The highest BCUT2D eigenvalue weighted by molar-refractivity contribution is 7.14. The topological polar surface area (TPSA) is 88.5 Å². The molecule has 3 rings (SSSR count). The molecule has 36 heavy (non-hydrogen) atoms. The number of aliphatic carboxylic acids is 1. The molecule has 2 N–H and O–H groups in total. The molecule has 3 aromatic rings. The summed E-state index contributed by atoms with van der Waals surface area (Å²) in [6, 6.07) is 7.80. The predicted octanol–water partition coefficient (Wildman–Crippen LogP) is 7.56. The molecule has 0 aliphatic heterocycles. The van der Waals surface area contributed by atoms with Gasteiger partial charge in [0, 0.05) is 33.2 Å². The zero-order chi connectivity index (χ0) is 26.6. The molecule has 1 heterocycles. The van der Waals surface area contributed by atoms with Crippen LogP contribution in [-0.4, -0.2) is 28.6 Å². The van der Waals surface area contributed by atoms with Crippen LogP contribution in [0, 0.1) is 11.2 Å². The quantitative estimate of drug-likeness (QED) is 0.282. The Morgan fingerprint density at radius 2 is 1.89 bits per heavy atom. The van der Waals surface area contributed by atoms with Crippen LogP contribution in [0.15, 0.2) is 41.3 Å². The van der Waals surface area contributed by atoms with E-state index in [1.807, 2.05) is 20.8 Å². The number of carboxylic acids is 1. The molecule has 0 aliphatic carbocycles. The summed E-state index contributed by atoms with van der Waals surface area (Å²) in [5.41, 5.74) is 1.59. The zero-order valence-corrected chi connectivity index (χ0v) is 22.4. The van der Waals surface area contributed by atoms with Gasteiger partial charge in [-0.25, -0.2) is 14.2 Å². The van der Waals surface area contributed by atoms with Crippen LogP contribution in [0.4, 0.5) is 9.52 Å². The highest BCUT2D eigenvalue weighted by Crippen LogP contribution is 2.31. The lowest BCUT2D eigenvalue weighted by Crippen LogP contribution is -2.14. The number of anilines is 1. The number of carbonyl (C=O) groups is 2. The molecule has 0 unspecified atom stereocenters. The standard InChI is InChI=1S/C26H25Cl2FN2O4S/c1-14(24(33)34)8-18-19(27)9-16(10-20(18)28)23(32)31-25-30-21(12-36-25)17-7-5-6-15(22(17)29)11-35-13-26(2,3)4/h5-10,12H,11,13H2,1-4H3,(H,33,34)(H,30,31,32)/b14-8+. The van der Waals surface area contributed by atoms with Crippen LogP contribution in [0.2, 0.25) is 10.0 Å². The number of rotatable bonds is 8. The van der Waals surface area contributed by atoms with E-state index in [1.54, 1.807) is 23.6 Å². The SMILES string of the molecule is C/C(=C\c1c(Cl)cc(C(=O)Nc2nc(-c3cccc(COCC(C)(C)C)c3F)cs2)cc1Cl)C(=O)O. The van der Waals surface area contributed by atoms with Gasteiger partial charge < -0.3 is 9.84 Å². The molecule has 0 saturated heterocycles. The Bertz CT molecular complexity index is 1310. The normalized spacial score (nSPS) is 12.0. The van der Waals surface area contributed by atoms with Gasteiger partial charge in [0.1, 0.15) is 5.82 Å². The van der Waals surface area contributed by atoms with Gasteiger partial charge in [-0.05, 0) is 36.6 Å². The largest absolute Gasteiger partial charge is 0.478 e. The molecule has 6 nitrogen and oxygen atoms in total. The summed E-state index contributed by atoms with van der Waals surface area (Å²) in [5, 5.41) is 13.9. The lowest BCUT2D eigenvalue weighted by molar-refractivity contribution is -0.132. The molecular weight excluding hydrogens is 526 g/mol. The Kier molecular flexibility index (Phi) is 8.89. The summed E-state index contributed by atoms with van der Waals surface area (Å²) in [6.07, 6.45) is 1.33. The smallest absolute Gasteiger partial charge is 0.331 e. The number of benzene rings is 2. The minimum absolute atomic E-state index is 0.0288. The van der Waals surface area contributed by atoms with E-state index in [-0.39, 0.29) is 38.3 Å². The number of halogens is 3. The maximum atomic E-state index is 15.1. The van der Waals surface area contributed by atoms with Crippen molar-refractivity contribution in [2.24, 2.45) is 5.41 Å². The fourth-order valence-corrected chi connectivity index (χ4v) is 4.41. The van der Waals surface area contributed by atoms with Crippen molar-refractivity contribution < 1.29 is 23.8 Å². The second-order valence-corrected chi connectivity index (χ2v) is 11.0. The second-order valence-electron chi connectivity index (χ2n) is 9.31. The molecule has 1 amide bonds. The summed E-state index contributed by atoms with van der Waals surface area (Å²) in [5.74, 6) is -2.05. The van der Waals surface area contributed by atoms with Crippen LogP contribution in [0.3, 0.4) is 0 Å². The molecule has 10 heteroatoms. The molecule has 2 aromatic carbocycles. The lowest BCUT2D eigenvalue weighted by atomic mass is 9.99. The third-order valence-corrected chi connectivity index (χ3v) is 6.29. The minimum Gasteiger partial charge on any atom is -0.478 e. The van der Waals surface area contributed by atoms with Gasteiger partial charge in [-0.1, -0.05) is 56.1 Å². The first-order chi connectivity index (χ1) is 16.9. The number of carbonyl (C=O) groups excluding carboxylic acids is 1. The van der Waals surface area contributed by atoms with Gasteiger partial charge in [0.2, 0.25) is 0 Å². The number of hydrogen-bond acceptors (Lipinski definition) is 5. The molecule has 190 valence electrons. The van der Waals surface area contributed by atoms with Gasteiger partial charge in [-0.3, -0.25) is 10.1 Å². The number of nitrogens with one attached hydrogen (secondary N) is 1. The van der Waals surface area contributed by atoms with Crippen LogP contribution in [-0.2, 0) is 16.1 Å². The number of hydrogen-bond donors (Lipinski definition) is 2. The van der Waals surface area contributed by atoms with E-state index in [1.165, 1.54) is 25.1 Å². The summed E-state index contributed by atoms with van der Waals surface area (Å²) >= 11 is 13.6. The van der Waals surface area contributed by atoms with Crippen LogP contribution in [0.1, 0.15) is 49.2 Å². The number of aromatic nitrogens is 1. The Morgan fingerprint density at radius 1 is 1.22 bits per heavy atom. The maximum Gasteiger partial charge on any atom is 0.331 e. The first kappa shape index (κ1) is 27.8. The maximum absolute atomic E-state index is 15.1. The Morgan fingerprint density at radius 3 is 2.50 bits per heavy atom. The average Bonchev–Trinajstić information content (AvgIpc) is 3.24. The number of carboxylic acid groups (broad SMARTS) is 1. The first-order valence-electron chi connectivity index (χ1n) is 10.9. The van der Waals surface area contributed by atoms with Crippen molar-refractivity contribution in [3.8, 4) is 11.3 Å². The molecule has 0 aliphatic rings. The van der Waals surface area contributed by atoms with E-state index in [0.29, 0.717) is 29.0 Å². The van der Waals surface area contributed by atoms with Crippen molar-refractivity contribution in [2.45, 2.75) is 34.3 Å². The molecule has 1 aromatic heterocycles.